The smallest absolute Gasteiger partial charge is 0.277 e. The average Bonchev–Trinajstić information content (AvgIpc) is 3.25. The Kier molecular flexibility index (Phi) is 6.77. The normalized spacial score (nSPS) is 19.4. The summed E-state index contributed by atoms with van der Waals surface area (Å²) in [6.07, 6.45) is 1.09. The van der Waals surface area contributed by atoms with Gasteiger partial charge in [-0.1, -0.05) is 42.1 Å². The van der Waals surface area contributed by atoms with Crippen LogP contribution in [0.15, 0.2) is 40.0 Å². The summed E-state index contributed by atoms with van der Waals surface area (Å²) in [5.41, 5.74) is 1.08. The van der Waals surface area contributed by atoms with Gasteiger partial charge in [-0.25, -0.2) is 8.42 Å². The van der Waals surface area contributed by atoms with Crippen LogP contribution in [0.5, 0.6) is 0 Å². The lowest BCUT2D eigenvalue weighted by Gasteiger charge is -2.23. The van der Waals surface area contributed by atoms with Gasteiger partial charge in [0.15, 0.2) is 9.84 Å². The van der Waals surface area contributed by atoms with E-state index in [0.717, 1.165) is 5.56 Å². The Balaban J connectivity index is 1.55. The van der Waals surface area contributed by atoms with Crippen LogP contribution in [0.2, 0.25) is 0 Å². The molecular weight excluding hydrogens is 398 g/mol. The highest BCUT2D eigenvalue weighted by atomic mass is 32.2. The molecule has 1 aromatic heterocycles. The van der Waals surface area contributed by atoms with E-state index >= 15 is 0 Å². The van der Waals surface area contributed by atoms with Crippen LogP contribution in [0.1, 0.15) is 31.7 Å². The predicted molar refractivity (Wildman–Crippen MR) is 108 cm³/mol. The van der Waals surface area contributed by atoms with Gasteiger partial charge in [0.2, 0.25) is 11.8 Å². The molecular formula is C19H25N3O4S2. The fraction of sp³-hybridized carbons (Fsp3) is 0.526. The molecule has 1 aromatic carbocycles. The monoisotopic (exact) mass is 423 g/mol. The Morgan fingerprint density at radius 1 is 1.32 bits per heavy atom. The first kappa shape index (κ1) is 20.9. The van der Waals surface area contributed by atoms with Gasteiger partial charge in [-0.2, -0.15) is 0 Å². The van der Waals surface area contributed by atoms with Crippen LogP contribution in [0.25, 0.3) is 0 Å². The third-order valence-electron chi connectivity index (χ3n) is 4.77. The minimum Gasteiger partial charge on any atom is -0.416 e. The van der Waals surface area contributed by atoms with Gasteiger partial charge in [0.25, 0.3) is 5.22 Å². The maximum absolute atomic E-state index is 12.8. The van der Waals surface area contributed by atoms with Gasteiger partial charge in [0.05, 0.1) is 16.8 Å². The first-order valence-electron chi connectivity index (χ1n) is 9.38. The third-order valence-corrected chi connectivity index (χ3v) is 7.53. The van der Waals surface area contributed by atoms with Crippen molar-refractivity contribution in [3.8, 4) is 0 Å². The molecule has 1 aliphatic heterocycles. The molecule has 2 heterocycles. The number of amides is 1. The molecule has 0 spiro atoms. The van der Waals surface area contributed by atoms with Gasteiger partial charge >= 0.3 is 0 Å². The van der Waals surface area contributed by atoms with E-state index in [0.29, 0.717) is 37.0 Å². The van der Waals surface area contributed by atoms with Crippen molar-refractivity contribution in [2.45, 2.75) is 43.7 Å². The standard InChI is InChI=1S/C19H25N3O4S2/c1-3-22(12-15-7-5-4-6-8-15)18(23)14(2)27-19-21-20-17(26-19)11-16-9-10-28(24,25)13-16/h4-8,14,16H,3,9-13H2,1-2H3. The lowest BCUT2D eigenvalue weighted by atomic mass is 10.1. The van der Waals surface area contributed by atoms with Gasteiger partial charge in [-0.05, 0) is 31.7 Å². The highest BCUT2D eigenvalue weighted by Crippen LogP contribution is 2.26. The van der Waals surface area contributed by atoms with Crippen LogP contribution in [0.3, 0.4) is 0 Å². The van der Waals surface area contributed by atoms with Crippen molar-refractivity contribution in [1.29, 1.82) is 0 Å². The Morgan fingerprint density at radius 2 is 2.07 bits per heavy atom. The summed E-state index contributed by atoms with van der Waals surface area (Å²) in [5, 5.41) is 8.01. The van der Waals surface area contributed by atoms with E-state index < -0.39 is 9.84 Å². The molecule has 1 fully saturated rings. The molecule has 0 radical (unpaired) electrons. The van der Waals surface area contributed by atoms with Crippen molar-refractivity contribution in [2.24, 2.45) is 5.92 Å². The zero-order valence-electron chi connectivity index (χ0n) is 16.1. The lowest BCUT2D eigenvalue weighted by molar-refractivity contribution is -0.130. The SMILES string of the molecule is CCN(Cc1ccccc1)C(=O)C(C)Sc1nnc(CC2CCS(=O)(=O)C2)o1. The van der Waals surface area contributed by atoms with Crippen molar-refractivity contribution in [1.82, 2.24) is 15.1 Å². The van der Waals surface area contributed by atoms with Crippen LogP contribution >= 0.6 is 11.8 Å². The molecule has 2 aromatic rings. The average molecular weight is 424 g/mol. The van der Waals surface area contributed by atoms with E-state index in [2.05, 4.69) is 10.2 Å². The first-order chi connectivity index (χ1) is 13.4. The molecule has 0 saturated carbocycles. The minimum atomic E-state index is -2.92. The van der Waals surface area contributed by atoms with E-state index in [-0.39, 0.29) is 28.6 Å². The number of sulfone groups is 1. The maximum Gasteiger partial charge on any atom is 0.277 e. The molecule has 2 atom stereocenters. The summed E-state index contributed by atoms with van der Waals surface area (Å²) in [4.78, 5) is 14.6. The predicted octanol–water partition coefficient (Wildman–Crippen LogP) is 2.58. The van der Waals surface area contributed by atoms with E-state index in [4.69, 9.17) is 4.42 Å². The molecule has 152 valence electrons. The Bertz CT molecular complexity index is 899. The zero-order valence-corrected chi connectivity index (χ0v) is 17.7. The second-order valence-corrected chi connectivity index (χ2v) is 10.6. The summed E-state index contributed by atoms with van der Waals surface area (Å²) >= 11 is 1.23. The van der Waals surface area contributed by atoms with Crippen molar-refractivity contribution < 1.29 is 17.6 Å². The summed E-state index contributed by atoms with van der Waals surface area (Å²) < 4.78 is 28.8. The highest BCUT2D eigenvalue weighted by molar-refractivity contribution is 8.00. The second kappa shape index (κ2) is 9.09. The van der Waals surface area contributed by atoms with Crippen LogP contribution < -0.4 is 0 Å². The minimum absolute atomic E-state index is 0.0120. The van der Waals surface area contributed by atoms with Crippen LogP contribution in [0, 0.1) is 5.92 Å². The topological polar surface area (TPSA) is 93.4 Å². The van der Waals surface area contributed by atoms with Gasteiger partial charge < -0.3 is 9.32 Å². The number of benzene rings is 1. The fourth-order valence-electron chi connectivity index (χ4n) is 3.26. The molecule has 9 heteroatoms. The molecule has 2 unspecified atom stereocenters. The van der Waals surface area contributed by atoms with Gasteiger partial charge in [0, 0.05) is 19.5 Å². The van der Waals surface area contributed by atoms with Crippen molar-refractivity contribution in [3.63, 3.8) is 0 Å². The van der Waals surface area contributed by atoms with Crippen LogP contribution in [0.4, 0.5) is 0 Å². The molecule has 3 rings (SSSR count). The molecule has 1 amide bonds. The van der Waals surface area contributed by atoms with Gasteiger partial charge in [-0.3, -0.25) is 4.79 Å². The Labute approximate surface area is 169 Å². The van der Waals surface area contributed by atoms with Gasteiger partial charge in [-0.15, -0.1) is 10.2 Å². The van der Waals surface area contributed by atoms with Crippen molar-refractivity contribution in [3.05, 3.63) is 41.8 Å². The van der Waals surface area contributed by atoms with Gasteiger partial charge in [0.1, 0.15) is 0 Å². The van der Waals surface area contributed by atoms with E-state index in [9.17, 15) is 13.2 Å². The molecule has 28 heavy (non-hydrogen) atoms. The zero-order chi connectivity index (χ0) is 20.1. The molecule has 0 aliphatic carbocycles. The summed E-state index contributed by atoms with van der Waals surface area (Å²) in [6, 6.07) is 9.87. The number of carbonyl (C=O) groups excluding carboxylic acids is 1. The Morgan fingerprint density at radius 3 is 2.71 bits per heavy atom. The highest BCUT2D eigenvalue weighted by Gasteiger charge is 2.30. The number of thioether (sulfide) groups is 1. The molecule has 0 N–H and O–H groups in total. The largest absolute Gasteiger partial charge is 0.416 e. The van der Waals surface area contributed by atoms with Crippen LogP contribution in [-0.2, 0) is 27.6 Å². The first-order valence-corrected chi connectivity index (χ1v) is 12.1. The number of hydrogen-bond donors (Lipinski definition) is 0. The van der Waals surface area contributed by atoms with Crippen LogP contribution in [-0.4, -0.2) is 52.7 Å². The number of hydrogen-bond acceptors (Lipinski definition) is 7. The maximum atomic E-state index is 12.8. The molecule has 1 saturated heterocycles. The second-order valence-electron chi connectivity index (χ2n) is 7.03. The number of aromatic nitrogens is 2. The molecule has 7 nitrogen and oxygen atoms in total. The summed E-state index contributed by atoms with van der Waals surface area (Å²) in [6.45, 7) is 4.96. The van der Waals surface area contributed by atoms with E-state index in [1.807, 2.05) is 44.2 Å². The van der Waals surface area contributed by atoms with Crippen molar-refractivity contribution >= 4 is 27.5 Å². The fourth-order valence-corrected chi connectivity index (χ4v) is 5.90. The Hall–Kier alpha value is -1.87. The van der Waals surface area contributed by atoms with E-state index in [1.54, 1.807) is 4.90 Å². The lowest BCUT2D eigenvalue weighted by Crippen LogP contribution is -2.35. The number of rotatable bonds is 8. The summed E-state index contributed by atoms with van der Waals surface area (Å²) in [7, 11) is -2.92. The quantitative estimate of drug-likeness (QED) is 0.602. The number of carbonyl (C=O) groups is 1. The number of nitrogens with zero attached hydrogens (tertiary/aromatic N) is 3. The van der Waals surface area contributed by atoms with Crippen molar-refractivity contribution in [2.75, 3.05) is 18.1 Å². The third kappa shape index (κ3) is 5.57. The van der Waals surface area contributed by atoms with E-state index in [1.165, 1.54) is 11.8 Å². The molecule has 1 aliphatic rings. The summed E-state index contributed by atoms with van der Waals surface area (Å²) in [5.74, 6) is 0.882. The molecule has 0 bridgehead atoms.